The van der Waals surface area contributed by atoms with Crippen LogP contribution in [-0.4, -0.2) is 48.5 Å². The summed E-state index contributed by atoms with van der Waals surface area (Å²) in [6.45, 7) is 5.74. The molecule has 0 aliphatic carbocycles. The number of nitrogens with one attached hydrogen (secondary N) is 3. The number of hydrogen-bond donors (Lipinski definition) is 3. The first-order valence-electron chi connectivity index (χ1n) is 9.84. The number of amides is 1. The predicted molar refractivity (Wildman–Crippen MR) is 108 cm³/mol. The van der Waals surface area contributed by atoms with Gasteiger partial charge in [0.1, 0.15) is 5.82 Å². The topological polar surface area (TPSA) is 60.2 Å². The maximum Gasteiger partial charge on any atom is 0.252 e. The lowest BCUT2D eigenvalue weighted by Crippen LogP contribution is -2.42. The van der Waals surface area contributed by atoms with Crippen molar-refractivity contribution in [1.82, 2.24) is 20.5 Å². The third-order valence-electron chi connectivity index (χ3n) is 5.73. The Balaban J connectivity index is 1.51. The highest BCUT2D eigenvalue weighted by molar-refractivity contribution is 6.10. The monoisotopic (exact) mass is 378 g/mol. The highest BCUT2D eigenvalue weighted by Gasteiger charge is 2.23. The van der Waals surface area contributed by atoms with Crippen LogP contribution in [0.3, 0.4) is 0 Å². The molecule has 0 saturated carbocycles. The van der Waals surface area contributed by atoms with Crippen LogP contribution in [0.25, 0.3) is 22.2 Å². The Bertz CT molecular complexity index is 1030. The van der Waals surface area contributed by atoms with E-state index in [2.05, 4.69) is 44.8 Å². The lowest BCUT2D eigenvalue weighted by molar-refractivity contribution is 0.0957. The van der Waals surface area contributed by atoms with E-state index >= 15 is 0 Å². The standard InChI is InChI=1S/C22H23FN4O/c23-16-11-18-20-17(5-6-25-22(18)28)21(26-19(20)12-16)15-3-1-14(2-4-15)13-27-9-7-24-8-10-27/h1-4,11-12,24,26H,5-10,13H2,(H,25,28). The molecule has 0 spiro atoms. The van der Waals surface area contributed by atoms with Crippen LogP contribution < -0.4 is 10.6 Å². The average molecular weight is 378 g/mol. The molecule has 2 aliphatic heterocycles. The van der Waals surface area contributed by atoms with E-state index in [1.165, 1.54) is 17.7 Å². The Morgan fingerprint density at radius 3 is 2.61 bits per heavy atom. The fraction of sp³-hybridized carbons (Fsp3) is 0.318. The Morgan fingerprint density at radius 1 is 1.04 bits per heavy atom. The summed E-state index contributed by atoms with van der Waals surface area (Å²) in [6, 6.07) is 11.4. The molecule has 28 heavy (non-hydrogen) atoms. The number of carbonyl (C=O) groups excluding carboxylic acids is 1. The van der Waals surface area contributed by atoms with Crippen molar-refractivity contribution in [2.45, 2.75) is 13.0 Å². The van der Waals surface area contributed by atoms with E-state index in [-0.39, 0.29) is 5.91 Å². The molecule has 0 unspecified atom stereocenters. The maximum atomic E-state index is 14.0. The van der Waals surface area contributed by atoms with Crippen LogP contribution in [0.1, 0.15) is 21.5 Å². The van der Waals surface area contributed by atoms with Crippen molar-refractivity contribution in [3.05, 3.63) is 58.9 Å². The van der Waals surface area contributed by atoms with Crippen molar-refractivity contribution >= 4 is 16.8 Å². The molecule has 2 aromatic carbocycles. The number of H-pyrrole nitrogens is 1. The fourth-order valence-corrected chi connectivity index (χ4v) is 4.34. The lowest BCUT2D eigenvalue weighted by atomic mass is 9.99. The van der Waals surface area contributed by atoms with Gasteiger partial charge in [0.2, 0.25) is 0 Å². The summed E-state index contributed by atoms with van der Waals surface area (Å²) in [5.41, 5.74) is 5.51. The van der Waals surface area contributed by atoms with Gasteiger partial charge in [0, 0.05) is 55.9 Å². The zero-order valence-electron chi connectivity index (χ0n) is 15.6. The minimum absolute atomic E-state index is 0.208. The predicted octanol–water partition coefficient (Wildman–Crippen LogP) is 2.67. The first kappa shape index (κ1) is 17.4. The van der Waals surface area contributed by atoms with Crippen molar-refractivity contribution in [1.29, 1.82) is 0 Å². The normalized spacial score (nSPS) is 17.5. The van der Waals surface area contributed by atoms with Crippen molar-refractivity contribution in [3.8, 4) is 11.3 Å². The zero-order chi connectivity index (χ0) is 19.1. The third kappa shape index (κ3) is 3.08. The molecular weight excluding hydrogens is 355 g/mol. The number of nitrogens with zero attached hydrogens (tertiary/aromatic N) is 1. The van der Waals surface area contributed by atoms with Gasteiger partial charge in [-0.05, 0) is 35.2 Å². The highest BCUT2D eigenvalue weighted by atomic mass is 19.1. The summed E-state index contributed by atoms with van der Waals surface area (Å²) in [6.07, 6.45) is 0.724. The Kier molecular flexibility index (Phi) is 4.37. The number of halogens is 1. The molecule has 3 aromatic rings. The molecule has 1 aromatic heterocycles. The second-order valence-electron chi connectivity index (χ2n) is 7.58. The molecule has 144 valence electrons. The molecule has 1 fully saturated rings. The van der Waals surface area contributed by atoms with Gasteiger partial charge in [-0.25, -0.2) is 4.39 Å². The van der Waals surface area contributed by atoms with Crippen LogP contribution in [0, 0.1) is 5.82 Å². The minimum atomic E-state index is -0.398. The second-order valence-corrected chi connectivity index (χ2v) is 7.58. The maximum absolute atomic E-state index is 14.0. The SMILES string of the molecule is O=C1NCCc2c(-c3ccc(CN4CCNCC4)cc3)[nH]c3cc(F)cc1c23. The lowest BCUT2D eigenvalue weighted by Gasteiger charge is -2.27. The number of benzene rings is 2. The fourth-order valence-electron chi connectivity index (χ4n) is 4.34. The highest BCUT2D eigenvalue weighted by Crippen LogP contribution is 2.34. The van der Waals surface area contributed by atoms with Crippen LogP contribution in [0.2, 0.25) is 0 Å². The second kappa shape index (κ2) is 7.04. The van der Waals surface area contributed by atoms with Gasteiger partial charge >= 0.3 is 0 Å². The molecule has 3 heterocycles. The zero-order valence-corrected chi connectivity index (χ0v) is 15.6. The van der Waals surface area contributed by atoms with Crippen LogP contribution in [0.15, 0.2) is 36.4 Å². The van der Waals surface area contributed by atoms with E-state index in [9.17, 15) is 9.18 Å². The van der Waals surface area contributed by atoms with Gasteiger partial charge in [0.25, 0.3) is 5.91 Å². The number of aromatic amines is 1. The van der Waals surface area contributed by atoms with Gasteiger partial charge in [-0.2, -0.15) is 0 Å². The van der Waals surface area contributed by atoms with Crippen LogP contribution in [0.4, 0.5) is 4.39 Å². The first-order chi connectivity index (χ1) is 13.7. The summed E-state index contributed by atoms with van der Waals surface area (Å²) >= 11 is 0. The number of aromatic nitrogens is 1. The molecular formula is C22H23FN4O. The van der Waals surface area contributed by atoms with Gasteiger partial charge in [-0.3, -0.25) is 9.69 Å². The van der Waals surface area contributed by atoms with Gasteiger partial charge in [-0.15, -0.1) is 0 Å². The van der Waals surface area contributed by atoms with Gasteiger partial charge in [-0.1, -0.05) is 24.3 Å². The summed E-state index contributed by atoms with van der Waals surface area (Å²) in [4.78, 5) is 18.1. The van der Waals surface area contributed by atoms with E-state index in [1.54, 1.807) is 0 Å². The molecule has 0 bridgehead atoms. The Hall–Kier alpha value is -2.70. The van der Waals surface area contributed by atoms with Gasteiger partial charge < -0.3 is 15.6 Å². The number of rotatable bonds is 3. The minimum Gasteiger partial charge on any atom is -0.354 e. The van der Waals surface area contributed by atoms with Gasteiger partial charge in [0.05, 0.1) is 5.56 Å². The van der Waals surface area contributed by atoms with Crippen LogP contribution >= 0.6 is 0 Å². The van der Waals surface area contributed by atoms with Crippen LogP contribution in [-0.2, 0) is 13.0 Å². The van der Waals surface area contributed by atoms with Crippen molar-refractivity contribution in [2.24, 2.45) is 0 Å². The van der Waals surface area contributed by atoms with Crippen molar-refractivity contribution in [3.63, 3.8) is 0 Å². The van der Waals surface area contributed by atoms with E-state index in [0.29, 0.717) is 17.6 Å². The number of piperazine rings is 1. The van der Waals surface area contributed by atoms with Gasteiger partial charge in [0.15, 0.2) is 0 Å². The molecule has 5 nitrogen and oxygen atoms in total. The van der Waals surface area contributed by atoms with E-state index < -0.39 is 5.82 Å². The Labute approximate surface area is 162 Å². The van der Waals surface area contributed by atoms with Crippen LogP contribution in [0.5, 0.6) is 0 Å². The summed E-state index contributed by atoms with van der Waals surface area (Å²) in [5, 5.41) is 7.09. The molecule has 3 N–H and O–H groups in total. The van der Waals surface area contributed by atoms with Crippen molar-refractivity contribution < 1.29 is 9.18 Å². The average Bonchev–Trinajstić information content (AvgIpc) is 2.98. The molecule has 5 rings (SSSR count). The van der Waals surface area contributed by atoms with E-state index in [4.69, 9.17) is 0 Å². The van der Waals surface area contributed by atoms with Crippen molar-refractivity contribution in [2.75, 3.05) is 32.7 Å². The van der Waals surface area contributed by atoms with E-state index in [1.807, 2.05) is 0 Å². The molecule has 2 aliphatic rings. The molecule has 0 radical (unpaired) electrons. The number of carbonyl (C=O) groups is 1. The molecule has 6 heteroatoms. The summed E-state index contributed by atoms with van der Waals surface area (Å²) < 4.78 is 14.0. The molecule has 1 amide bonds. The number of hydrogen-bond acceptors (Lipinski definition) is 3. The third-order valence-corrected chi connectivity index (χ3v) is 5.73. The first-order valence-corrected chi connectivity index (χ1v) is 9.84. The molecule has 1 saturated heterocycles. The quantitative estimate of drug-likeness (QED) is 0.657. The largest absolute Gasteiger partial charge is 0.354 e. The Morgan fingerprint density at radius 2 is 1.82 bits per heavy atom. The smallest absolute Gasteiger partial charge is 0.252 e. The molecule has 0 atom stereocenters. The van der Waals surface area contributed by atoms with E-state index in [0.717, 1.165) is 61.4 Å². The summed E-state index contributed by atoms with van der Waals surface area (Å²) in [5.74, 6) is -0.606. The summed E-state index contributed by atoms with van der Waals surface area (Å²) in [7, 11) is 0.